The largest absolute Gasteiger partial charge is 0.375 e. The Balaban J connectivity index is 2.27. The number of likely N-dealkylation sites (N-methyl/N-ethyl adjacent to an activating group) is 1. The Kier molecular flexibility index (Phi) is 6.59. The van der Waals surface area contributed by atoms with Crippen molar-refractivity contribution < 1.29 is 4.74 Å². The molecule has 0 unspecified atom stereocenters. The van der Waals surface area contributed by atoms with Gasteiger partial charge in [-0.25, -0.2) is 4.68 Å². The van der Waals surface area contributed by atoms with Crippen LogP contribution >= 0.6 is 11.8 Å². The summed E-state index contributed by atoms with van der Waals surface area (Å²) >= 11 is 1.63. The molecule has 7 heteroatoms. The zero-order valence-electron chi connectivity index (χ0n) is 11.6. The summed E-state index contributed by atoms with van der Waals surface area (Å²) < 4.78 is 7.48. The van der Waals surface area contributed by atoms with Crippen LogP contribution in [0.5, 0.6) is 0 Å². The standard InChI is InChI=1S/C11H23N5OS/c1-5-12-6-7-16-10(13-14-15-16)18-9-8-17-11(2,3)4/h12H,5-9H2,1-4H3. The monoisotopic (exact) mass is 273 g/mol. The molecular weight excluding hydrogens is 250 g/mol. The third kappa shape index (κ3) is 6.32. The minimum Gasteiger partial charge on any atom is -0.375 e. The van der Waals surface area contributed by atoms with E-state index in [-0.39, 0.29) is 5.60 Å². The Morgan fingerprint density at radius 2 is 2.17 bits per heavy atom. The van der Waals surface area contributed by atoms with Crippen LogP contribution in [0.15, 0.2) is 5.16 Å². The highest BCUT2D eigenvalue weighted by molar-refractivity contribution is 7.99. The lowest BCUT2D eigenvalue weighted by Gasteiger charge is -2.18. The van der Waals surface area contributed by atoms with Gasteiger partial charge in [-0.05, 0) is 37.7 Å². The van der Waals surface area contributed by atoms with Crippen LogP contribution in [-0.4, -0.2) is 51.3 Å². The predicted molar refractivity (Wildman–Crippen MR) is 72.8 cm³/mol. The van der Waals surface area contributed by atoms with Gasteiger partial charge in [0.25, 0.3) is 0 Å². The average molecular weight is 273 g/mol. The summed E-state index contributed by atoms with van der Waals surface area (Å²) in [6, 6.07) is 0. The minimum absolute atomic E-state index is 0.0858. The topological polar surface area (TPSA) is 64.9 Å². The highest BCUT2D eigenvalue weighted by Crippen LogP contribution is 2.14. The van der Waals surface area contributed by atoms with Crippen molar-refractivity contribution in [2.45, 2.75) is 45.0 Å². The Hall–Kier alpha value is -0.660. The normalized spacial score (nSPS) is 12.0. The maximum Gasteiger partial charge on any atom is 0.209 e. The molecule has 0 radical (unpaired) electrons. The number of tetrazole rings is 1. The van der Waals surface area contributed by atoms with Gasteiger partial charge in [0.15, 0.2) is 0 Å². The third-order valence-electron chi connectivity index (χ3n) is 2.10. The molecule has 1 N–H and O–H groups in total. The van der Waals surface area contributed by atoms with E-state index in [1.54, 1.807) is 11.8 Å². The number of ether oxygens (including phenoxy) is 1. The lowest BCUT2D eigenvalue weighted by Crippen LogP contribution is -2.21. The molecule has 0 atom stereocenters. The van der Waals surface area contributed by atoms with Crippen LogP contribution in [0.4, 0.5) is 0 Å². The molecule has 0 aliphatic carbocycles. The van der Waals surface area contributed by atoms with Crippen molar-refractivity contribution in [3.8, 4) is 0 Å². The first kappa shape index (κ1) is 15.4. The van der Waals surface area contributed by atoms with Gasteiger partial charge < -0.3 is 10.1 Å². The van der Waals surface area contributed by atoms with Gasteiger partial charge in [0.05, 0.1) is 18.8 Å². The van der Waals surface area contributed by atoms with Crippen LogP contribution in [-0.2, 0) is 11.3 Å². The van der Waals surface area contributed by atoms with Gasteiger partial charge in [-0.1, -0.05) is 18.7 Å². The smallest absolute Gasteiger partial charge is 0.209 e. The molecule has 0 bridgehead atoms. The maximum atomic E-state index is 5.65. The number of hydrogen-bond donors (Lipinski definition) is 1. The van der Waals surface area contributed by atoms with Gasteiger partial charge in [0.1, 0.15) is 0 Å². The van der Waals surface area contributed by atoms with E-state index in [1.807, 2.05) is 4.68 Å². The first-order chi connectivity index (χ1) is 8.53. The van der Waals surface area contributed by atoms with Crippen LogP contribution in [0.3, 0.4) is 0 Å². The lowest BCUT2D eigenvalue weighted by molar-refractivity contribution is 0.00692. The summed E-state index contributed by atoms with van der Waals surface area (Å²) in [5, 5.41) is 15.8. The molecule has 1 heterocycles. The van der Waals surface area contributed by atoms with E-state index in [2.05, 4.69) is 48.5 Å². The van der Waals surface area contributed by atoms with Gasteiger partial charge in [-0.3, -0.25) is 0 Å². The Morgan fingerprint density at radius 3 is 2.83 bits per heavy atom. The second kappa shape index (κ2) is 7.70. The molecule has 6 nitrogen and oxygen atoms in total. The Bertz CT molecular complexity index is 336. The summed E-state index contributed by atoms with van der Waals surface area (Å²) in [7, 11) is 0. The fourth-order valence-corrected chi connectivity index (χ4v) is 2.00. The summed E-state index contributed by atoms with van der Waals surface area (Å²) in [5.74, 6) is 0.860. The number of hydrogen-bond acceptors (Lipinski definition) is 6. The highest BCUT2D eigenvalue weighted by atomic mass is 32.2. The molecule has 18 heavy (non-hydrogen) atoms. The SMILES string of the molecule is CCNCCn1nnnc1SCCOC(C)(C)C. The molecular formula is C11H23N5OS. The number of nitrogens with zero attached hydrogens (tertiary/aromatic N) is 4. The number of rotatable bonds is 8. The molecule has 0 saturated carbocycles. The number of aromatic nitrogens is 4. The minimum atomic E-state index is -0.0858. The molecule has 1 aromatic rings. The molecule has 0 amide bonds. The van der Waals surface area contributed by atoms with Gasteiger partial charge in [0.2, 0.25) is 5.16 Å². The molecule has 0 saturated heterocycles. The molecule has 104 valence electrons. The zero-order chi connectivity index (χ0) is 13.4. The molecule has 0 spiro atoms. The average Bonchev–Trinajstić information content (AvgIpc) is 2.71. The Labute approximate surface area is 113 Å². The number of nitrogens with one attached hydrogen (secondary N) is 1. The van der Waals surface area contributed by atoms with Crippen LogP contribution in [0.25, 0.3) is 0 Å². The lowest BCUT2D eigenvalue weighted by atomic mass is 10.2. The molecule has 1 aromatic heterocycles. The van der Waals surface area contributed by atoms with E-state index in [9.17, 15) is 0 Å². The third-order valence-corrected chi connectivity index (χ3v) is 3.02. The van der Waals surface area contributed by atoms with Crippen molar-refractivity contribution in [1.29, 1.82) is 0 Å². The maximum absolute atomic E-state index is 5.65. The van der Waals surface area contributed by atoms with Crippen molar-refractivity contribution in [2.75, 3.05) is 25.4 Å². The zero-order valence-corrected chi connectivity index (χ0v) is 12.5. The summed E-state index contributed by atoms with van der Waals surface area (Å²) in [6.45, 7) is 11.6. The van der Waals surface area contributed by atoms with Crippen molar-refractivity contribution in [1.82, 2.24) is 25.5 Å². The fraction of sp³-hybridized carbons (Fsp3) is 0.909. The van der Waals surface area contributed by atoms with E-state index in [1.165, 1.54) is 0 Å². The summed E-state index contributed by atoms with van der Waals surface area (Å²) in [5.41, 5.74) is -0.0858. The Morgan fingerprint density at radius 1 is 1.39 bits per heavy atom. The van der Waals surface area contributed by atoms with Gasteiger partial charge in [-0.2, -0.15) is 0 Å². The molecule has 1 rings (SSSR count). The molecule has 0 fully saturated rings. The first-order valence-corrected chi connectivity index (χ1v) is 7.25. The fourth-order valence-electron chi connectivity index (χ4n) is 1.28. The van der Waals surface area contributed by atoms with E-state index in [0.717, 1.165) is 30.5 Å². The predicted octanol–water partition coefficient (Wildman–Crippen LogP) is 1.19. The van der Waals surface area contributed by atoms with E-state index in [4.69, 9.17) is 4.74 Å². The molecule has 0 aromatic carbocycles. The van der Waals surface area contributed by atoms with Gasteiger partial charge in [0, 0.05) is 12.3 Å². The summed E-state index contributed by atoms with van der Waals surface area (Å²) in [6.07, 6.45) is 0. The van der Waals surface area contributed by atoms with Crippen LogP contribution in [0.2, 0.25) is 0 Å². The van der Waals surface area contributed by atoms with Gasteiger partial charge >= 0.3 is 0 Å². The molecule has 0 aliphatic rings. The van der Waals surface area contributed by atoms with E-state index >= 15 is 0 Å². The quantitative estimate of drug-likeness (QED) is 0.567. The highest BCUT2D eigenvalue weighted by Gasteiger charge is 2.11. The first-order valence-electron chi connectivity index (χ1n) is 6.26. The van der Waals surface area contributed by atoms with Crippen molar-refractivity contribution in [3.05, 3.63) is 0 Å². The summed E-state index contributed by atoms with van der Waals surface area (Å²) in [4.78, 5) is 0. The van der Waals surface area contributed by atoms with Gasteiger partial charge in [-0.15, -0.1) is 5.10 Å². The van der Waals surface area contributed by atoms with Crippen molar-refractivity contribution in [2.24, 2.45) is 0 Å². The van der Waals surface area contributed by atoms with Crippen LogP contribution in [0, 0.1) is 0 Å². The van der Waals surface area contributed by atoms with Crippen molar-refractivity contribution in [3.63, 3.8) is 0 Å². The van der Waals surface area contributed by atoms with E-state index < -0.39 is 0 Å². The number of thioether (sulfide) groups is 1. The van der Waals surface area contributed by atoms with Crippen molar-refractivity contribution >= 4 is 11.8 Å². The second-order valence-electron chi connectivity index (χ2n) is 4.85. The van der Waals surface area contributed by atoms with E-state index in [0.29, 0.717) is 6.61 Å². The van der Waals surface area contributed by atoms with Crippen LogP contribution < -0.4 is 5.32 Å². The van der Waals surface area contributed by atoms with Crippen LogP contribution in [0.1, 0.15) is 27.7 Å². The second-order valence-corrected chi connectivity index (χ2v) is 5.91. The molecule has 0 aliphatic heterocycles.